The summed E-state index contributed by atoms with van der Waals surface area (Å²) < 4.78 is 31.3. The highest BCUT2D eigenvalue weighted by Crippen LogP contribution is 2.35. The van der Waals surface area contributed by atoms with Gasteiger partial charge in [-0.3, -0.25) is 14.5 Å². The third-order valence-corrected chi connectivity index (χ3v) is 7.98. The summed E-state index contributed by atoms with van der Waals surface area (Å²) in [6.07, 6.45) is 6.50. The number of pyridine rings is 1. The topological polar surface area (TPSA) is 114 Å². The van der Waals surface area contributed by atoms with Crippen LogP contribution in [-0.2, 0) is 27.7 Å². The number of sulfonamides is 1. The van der Waals surface area contributed by atoms with Crippen molar-refractivity contribution in [2.75, 3.05) is 0 Å². The Morgan fingerprint density at radius 3 is 2.74 bits per heavy atom. The van der Waals surface area contributed by atoms with Gasteiger partial charge < -0.3 is 5.11 Å². The van der Waals surface area contributed by atoms with Gasteiger partial charge in [-0.05, 0) is 74.9 Å². The fourth-order valence-corrected chi connectivity index (χ4v) is 6.11. The lowest BCUT2D eigenvalue weighted by molar-refractivity contribution is -0.147. The molecule has 2 atom stereocenters. The lowest BCUT2D eigenvalue weighted by atomic mass is 9.86. The Hall–Kier alpha value is -1.78. The molecule has 2 N–H and O–H groups in total. The van der Waals surface area contributed by atoms with Gasteiger partial charge in [0.2, 0.25) is 10.0 Å². The van der Waals surface area contributed by atoms with Crippen LogP contribution in [0.5, 0.6) is 0 Å². The molecular formula is C21H29BrN4O4S. The molecule has 8 nitrogen and oxygen atoms in total. The molecule has 0 spiro atoms. The van der Waals surface area contributed by atoms with Crippen molar-refractivity contribution in [1.29, 1.82) is 0 Å². The monoisotopic (exact) mass is 512 g/mol. The maximum absolute atomic E-state index is 13.0. The zero-order chi connectivity index (χ0) is 23.0. The molecule has 170 valence electrons. The second-order valence-corrected chi connectivity index (χ2v) is 11.3. The van der Waals surface area contributed by atoms with E-state index < -0.39 is 21.4 Å². The quantitative estimate of drug-likeness (QED) is 0.551. The zero-order valence-electron chi connectivity index (χ0n) is 18.2. The smallest absolute Gasteiger partial charge is 0.309 e. The van der Waals surface area contributed by atoms with Gasteiger partial charge in [-0.25, -0.2) is 13.1 Å². The van der Waals surface area contributed by atoms with Gasteiger partial charge in [0.15, 0.2) is 0 Å². The molecule has 0 saturated carbocycles. The molecule has 0 radical (unpaired) electrons. The zero-order valence-corrected chi connectivity index (χ0v) is 20.6. The van der Waals surface area contributed by atoms with Crippen LogP contribution in [0.1, 0.15) is 76.0 Å². The summed E-state index contributed by atoms with van der Waals surface area (Å²) in [4.78, 5) is 15.9. The van der Waals surface area contributed by atoms with Gasteiger partial charge in [0, 0.05) is 21.9 Å². The Kier molecular flexibility index (Phi) is 6.93. The second-order valence-electron chi connectivity index (χ2n) is 8.75. The molecule has 1 aliphatic rings. The first-order valence-corrected chi connectivity index (χ1v) is 12.7. The molecule has 3 rings (SSSR count). The number of hydrogen-bond acceptors (Lipinski definition) is 5. The Morgan fingerprint density at radius 2 is 2.13 bits per heavy atom. The lowest BCUT2D eigenvalue weighted by Gasteiger charge is -2.28. The summed E-state index contributed by atoms with van der Waals surface area (Å²) in [7, 11) is -3.76. The van der Waals surface area contributed by atoms with Crippen LogP contribution in [0, 0.1) is 5.41 Å². The van der Waals surface area contributed by atoms with Gasteiger partial charge in [0.1, 0.15) is 4.90 Å². The first-order chi connectivity index (χ1) is 14.5. The van der Waals surface area contributed by atoms with E-state index in [-0.39, 0.29) is 17.0 Å². The number of carboxylic acids is 1. The van der Waals surface area contributed by atoms with Crippen molar-refractivity contribution in [2.24, 2.45) is 5.41 Å². The van der Waals surface area contributed by atoms with Crippen LogP contribution in [0.25, 0.3) is 0 Å². The number of rotatable bonds is 8. The Bertz CT molecular complexity index is 1080. The maximum Gasteiger partial charge on any atom is 0.309 e. The van der Waals surface area contributed by atoms with E-state index in [1.165, 1.54) is 6.20 Å². The van der Waals surface area contributed by atoms with Crippen molar-refractivity contribution < 1.29 is 18.3 Å². The number of carbonyl (C=O) groups is 1. The molecule has 0 aliphatic heterocycles. The Labute approximate surface area is 191 Å². The van der Waals surface area contributed by atoms with Crippen molar-refractivity contribution in [3.8, 4) is 0 Å². The van der Waals surface area contributed by atoms with E-state index in [4.69, 9.17) is 0 Å². The van der Waals surface area contributed by atoms with Crippen LogP contribution in [0.2, 0.25) is 0 Å². The molecule has 1 aliphatic carbocycles. The largest absolute Gasteiger partial charge is 0.481 e. The van der Waals surface area contributed by atoms with Crippen LogP contribution >= 0.6 is 15.9 Å². The SMILES string of the molecule is CCc1ncc(S(=O)(=O)NC2CCCc3c2cnn3C(C)CC(C)(C)C(=O)O)cc1Br. The summed E-state index contributed by atoms with van der Waals surface area (Å²) >= 11 is 3.39. The van der Waals surface area contributed by atoms with Gasteiger partial charge in [-0.15, -0.1) is 0 Å². The number of aliphatic carboxylic acids is 1. The highest BCUT2D eigenvalue weighted by Gasteiger charge is 2.33. The number of aromatic nitrogens is 3. The fourth-order valence-electron chi connectivity index (χ4n) is 4.11. The highest BCUT2D eigenvalue weighted by molar-refractivity contribution is 9.10. The molecule has 0 fully saturated rings. The normalized spacial score (nSPS) is 17.9. The number of nitrogens with one attached hydrogen (secondary N) is 1. The van der Waals surface area contributed by atoms with Gasteiger partial charge in [0.05, 0.1) is 29.4 Å². The minimum absolute atomic E-state index is 0.118. The predicted octanol–water partition coefficient (Wildman–Crippen LogP) is 4.02. The molecule has 2 unspecified atom stereocenters. The van der Waals surface area contributed by atoms with E-state index in [2.05, 4.69) is 30.7 Å². The second kappa shape index (κ2) is 8.99. The molecule has 0 bridgehead atoms. The van der Waals surface area contributed by atoms with Gasteiger partial charge >= 0.3 is 5.97 Å². The maximum atomic E-state index is 13.0. The summed E-state index contributed by atoms with van der Waals surface area (Å²) in [6.45, 7) is 7.31. The van der Waals surface area contributed by atoms with Crippen LogP contribution in [-0.4, -0.2) is 34.3 Å². The molecule has 2 aromatic rings. The third-order valence-electron chi connectivity index (χ3n) is 5.85. The number of hydrogen-bond donors (Lipinski definition) is 2. The molecule has 2 aromatic heterocycles. The van der Waals surface area contributed by atoms with Gasteiger partial charge in [-0.1, -0.05) is 6.92 Å². The van der Waals surface area contributed by atoms with E-state index in [1.54, 1.807) is 26.1 Å². The van der Waals surface area contributed by atoms with Crippen LogP contribution in [0.4, 0.5) is 0 Å². The first-order valence-electron chi connectivity index (χ1n) is 10.4. The van der Waals surface area contributed by atoms with Crippen molar-refractivity contribution in [3.05, 3.63) is 39.9 Å². The molecule has 10 heteroatoms. The van der Waals surface area contributed by atoms with Crippen LogP contribution < -0.4 is 4.72 Å². The van der Waals surface area contributed by atoms with Crippen molar-refractivity contribution in [1.82, 2.24) is 19.5 Å². The minimum atomic E-state index is -3.76. The molecular weight excluding hydrogens is 484 g/mol. The van der Waals surface area contributed by atoms with E-state index in [9.17, 15) is 18.3 Å². The summed E-state index contributed by atoms with van der Waals surface area (Å²) in [5, 5.41) is 13.9. The number of halogens is 1. The molecule has 2 heterocycles. The van der Waals surface area contributed by atoms with Gasteiger partial charge in [0.25, 0.3) is 0 Å². The number of nitrogens with zero attached hydrogens (tertiary/aromatic N) is 3. The fraction of sp³-hybridized carbons (Fsp3) is 0.571. The van der Waals surface area contributed by atoms with Crippen LogP contribution in [0.15, 0.2) is 27.8 Å². The van der Waals surface area contributed by atoms with E-state index in [1.807, 2.05) is 18.5 Å². The molecule has 0 amide bonds. The third kappa shape index (κ3) is 5.01. The lowest BCUT2D eigenvalue weighted by Crippen LogP contribution is -2.32. The molecule has 0 aromatic carbocycles. The standard InChI is InChI=1S/C21H29BrN4O4S/c1-5-17-16(22)9-14(11-23-17)31(29,30)25-18-7-6-8-19-15(18)12-24-26(19)13(2)10-21(3,4)20(27)28/h9,11-13,18,25H,5-8,10H2,1-4H3,(H,27,28). The molecule has 0 saturated heterocycles. The number of fused-ring (bicyclic) bond motifs is 1. The highest BCUT2D eigenvalue weighted by atomic mass is 79.9. The number of carboxylic acid groups (broad SMARTS) is 1. The van der Waals surface area contributed by atoms with Crippen molar-refractivity contribution in [2.45, 2.75) is 76.8 Å². The summed E-state index contributed by atoms with van der Waals surface area (Å²) in [5.74, 6) is -0.847. The minimum Gasteiger partial charge on any atom is -0.481 e. The Morgan fingerprint density at radius 1 is 1.42 bits per heavy atom. The average Bonchev–Trinajstić information content (AvgIpc) is 3.12. The average molecular weight is 513 g/mol. The van der Waals surface area contributed by atoms with E-state index in [0.29, 0.717) is 23.7 Å². The van der Waals surface area contributed by atoms with Crippen LogP contribution in [0.3, 0.4) is 0 Å². The predicted molar refractivity (Wildman–Crippen MR) is 120 cm³/mol. The van der Waals surface area contributed by atoms with Gasteiger partial charge in [-0.2, -0.15) is 5.10 Å². The van der Waals surface area contributed by atoms with E-state index >= 15 is 0 Å². The first kappa shape index (κ1) is 23.9. The number of aryl methyl sites for hydroxylation is 1. The Balaban J connectivity index is 1.84. The van der Waals surface area contributed by atoms with Crippen molar-refractivity contribution >= 4 is 31.9 Å². The van der Waals surface area contributed by atoms with Crippen molar-refractivity contribution in [3.63, 3.8) is 0 Å². The summed E-state index contributed by atoms with van der Waals surface area (Å²) in [5.41, 5.74) is 1.75. The molecule has 31 heavy (non-hydrogen) atoms. The van der Waals surface area contributed by atoms with E-state index in [0.717, 1.165) is 29.8 Å². The summed E-state index contributed by atoms with van der Waals surface area (Å²) in [6, 6.07) is 1.08.